The third-order valence-corrected chi connectivity index (χ3v) is 19.6. The van der Waals surface area contributed by atoms with Crippen molar-refractivity contribution in [2.45, 2.75) is 393 Å². The molecule has 594 valence electrons. The third kappa shape index (κ3) is 74.8. The van der Waals surface area contributed by atoms with Crippen molar-refractivity contribution in [1.82, 2.24) is 0 Å². The molecule has 5 atom stereocenters. The number of phosphoric acid groups is 2. The first-order valence-corrected chi connectivity index (χ1v) is 44.2. The molecule has 0 rings (SSSR count). The number of phosphoric ester groups is 2. The predicted molar refractivity (Wildman–Crippen MR) is 418 cm³/mol. The highest BCUT2D eigenvalue weighted by atomic mass is 31.2. The molecule has 0 aromatic heterocycles. The van der Waals surface area contributed by atoms with Crippen molar-refractivity contribution < 1.29 is 80.2 Å². The van der Waals surface area contributed by atoms with Crippen molar-refractivity contribution >= 4 is 39.5 Å². The Labute approximate surface area is 622 Å². The summed E-state index contributed by atoms with van der Waals surface area (Å²) in [5.74, 6) is -2.25. The summed E-state index contributed by atoms with van der Waals surface area (Å²) in [6.45, 7) is 4.82. The summed E-state index contributed by atoms with van der Waals surface area (Å²) in [4.78, 5) is 73.0. The lowest BCUT2D eigenvalue weighted by molar-refractivity contribution is -0.161. The summed E-state index contributed by atoms with van der Waals surface area (Å²) in [5.41, 5.74) is 0. The van der Waals surface area contributed by atoms with E-state index in [0.717, 1.165) is 109 Å². The number of carbonyl (C=O) groups is 4. The van der Waals surface area contributed by atoms with Gasteiger partial charge >= 0.3 is 39.5 Å². The molecule has 0 spiro atoms. The summed E-state index contributed by atoms with van der Waals surface area (Å²) in [5, 5.41) is 10.6. The Kier molecular flexibility index (Phi) is 73.1. The first-order chi connectivity index (χ1) is 49.7. The summed E-state index contributed by atoms with van der Waals surface area (Å²) < 4.78 is 68.6. The van der Waals surface area contributed by atoms with Crippen LogP contribution in [0.2, 0.25) is 0 Å². The number of aliphatic hydroxyl groups excluding tert-OH is 1. The average molecular weight is 1480 g/mol. The predicted octanol–water partition coefficient (Wildman–Crippen LogP) is 24.0. The summed E-state index contributed by atoms with van der Waals surface area (Å²) in [6.07, 6.45) is 77.4. The smallest absolute Gasteiger partial charge is 0.462 e. The zero-order chi connectivity index (χ0) is 74.6. The zero-order valence-electron chi connectivity index (χ0n) is 65.0. The number of rotatable bonds is 78. The van der Waals surface area contributed by atoms with E-state index in [2.05, 4.69) is 88.5 Å². The topological polar surface area (TPSA) is 237 Å². The first-order valence-electron chi connectivity index (χ1n) is 41.2. The molecule has 0 aliphatic heterocycles. The van der Waals surface area contributed by atoms with Crippen molar-refractivity contribution in [2.24, 2.45) is 0 Å². The van der Waals surface area contributed by atoms with Gasteiger partial charge in [0.1, 0.15) is 19.3 Å². The molecule has 19 heteroatoms. The lowest BCUT2D eigenvalue weighted by atomic mass is 10.0. The van der Waals surface area contributed by atoms with Crippen LogP contribution in [0, 0.1) is 0 Å². The van der Waals surface area contributed by atoms with E-state index in [1.165, 1.54) is 180 Å². The van der Waals surface area contributed by atoms with Crippen LogP contribution in [0.5, 0.6) is 0 Å². The fourth-order valence-corrected chi connectivity index (χ4v) is 13.0. The molecule has 0 aromatic carbocycles. The number of carbonyl (C=O) groups excluding carboxylic acids is 4. The molecule has 0 radical (unpaired) electrons. The minimum absolute atomic E-state index is 0.0392. The van der Waals surface area contributed by atoms with Crippen LogP contribution in [0.1, 0.15) is 374 Å². The van der Waals surface area contributed by atoms with Crippen LogP contribution < -0.4 is 0 Å². The van der Waals surface area contributed by atoms with E-state index >= 15 is 0 Å². The van der Waals surface area contributed by atoms with Crippen LogP contribution in [0.15, 0.2) is 72.9 Å². The normalized spacial score (nSPS) is 14.2. The molecule has 3 N–H and O–H groups in total. The van der Waals surface area contributed by atoms with Gasteiger partial charge in [-0.05, 0) is 89.9 Å². The number of hydrogen-bond donors (Lipinski definition) is 3. The first kappa shape index (κ1) is 98.5. The second-order valence-electron chi connectivity index (χ2n) is 27.7. The minimum Gasteiger partial charge on any atom is -0.462 e. The van der Waals surface area contributed by atoms with Gasteiger partial charge < -0.3 is 33.8 Å². The van der Waals surface area contributed by atoms with Crippen LogP contribution in [0.3, 0.4) is 0 Å². The molecule has 0 aliphatic carbocycles. The van der Waals surface area contributed by atoms with Crippen LogP contribution in [-0.4, -0.2) is 96.7 Å². The third-order valence-electron chi connectivity index (χ3n) is 17.7. The van der Waals surface area contributed by atoms with Crippen molar-refractivity contribution in [3.05, 3.63) is 72.9 Å². The van der Waals surface area contributed by atoms with Crippen molar-refractivity contribution in [2.75, 3.05) is 39.6 Å². The number of esters is 4. The van der Waals surface area contributed by atoms with E-state index in [1.54, 1.807) is 0 Å². The molecule has 0 saturated carbocycles. The van der Waals surface area contributed by atoms with Crippen molar-refractivity contribution in [3.63, 3.8) is 0 Å². The molecule has 0 aromatic rings. The highest BCUT2D eigenvalue weighted by Crippen LogP contribution is 2.45. The molecule has 0 heterocycles. The highest BCUT2D eigenvalue weighted by molar-refractivity contribution is 7.47. The van der Waals surface area contributed by atoms with Gasteiger partial charge in [-0.15, -0.1) is 0 Å². The molecule has 2 unspecified atom stereocenters. The van der Waals surface area contributed by atoms with Gasteiger partial charge in [0.15, 0.2) is 12.2 Å². The van der Waals surface area contributed by atoms with Crippen LogP contribution >= 0.6 is 15.6 Å². The molecule has 102 heavy (non-hydrogen) atoms. The van der Waals surface area contributed by atoms with E-state index in [-0.39, 0.29) is 25.7 Å². The van der Waals surface area contributed by atoms with Crippen LogP contribution in [-0.2, 0) is 65.4 Å². The fourth-order valence-electron chi connectivity index (χ4n) is 11.4. The van der Waals surface area contributed by atoms with E-state index < -0.39 is 97.5 Å². The zero-order valence-corrected chi connectivity index (χ0v) is 66.8. The quantitative estimate of drug-likeness (QED) is 0.0169. The highest BCUT2D eigenvalue weighted by Gasteiger charge is 2.30. The Morgan fingerprint density at radius 3 is 0.833 bits per heavy atom. The van der Waals surface area contributed by atoms with Gasteiger partial charge in [0.25, 0.3) is 0 Å². The van der Waals surface area contributed by atoms with Gasteiger partial charge in [-0.2, -0.15) is 0 Å². The van der Waals surface area contributed by atoms with Gasteiger partial charge in [0, 0.05) is 25.7 Å². The van der Waals surface area contributed by atoms with Gasteiger partial charge in [0.05, 0.1) is 26.4 Å². The average Bonchev–Trinajstić information content (AvgIpc) is 0.908. The molecular formula is C83H150O17P2. The van der Waals surface area contributed by atoms with E-state index in [9.17, 15) is 43.2 Å². The number of aliphatic hydroxyl groups is 1. The lowest BCUT2D eigenvalue weighted by Crippen LogP contribution is -2.30. The fraction of sp³-hybridized carbons (Fsp3) is 0.807. The van der Waals surface area contributed by atoms with Crippen molar-refractivity contribution in [3.8, 4) is 0 Å². The second-order valence-corrected chi connectivity index (χ2v) is 30.6. The number of allylic oxidation sites excluding steroid dienone is 12. The molecular weight excluding hydrogens is 1330 g/mol. The molecule has 0 amide bonds. The monoisotopic (exact) mass is 1480 g/mol. The second kappa shape index (κ2) is 75.7. The number of hydrogen-bond acceptors (Lipinski definition) is 15. The lowest BCUT2D eigenvalue weighted by Gasteiger charge is -2.21. The van der Waals surface area contributed by atoms with Gasteiger partial charge in [0.2, 0.25) is 0 Å². The maximum Gasteiger partial charge on any atom is 0.472 e. The van der Waals surface area contributed by atoms with E-state index in [0.29, 0.717) is 32.1 Å². The molecule has 0 bridgehead atoms. The molecule has 0 saturated heterocycles. The van der Waals surface area contributed by atoms with Crippen LogP contribution in [0.4, 0.5) is 0 Å². The van der Waals surface area contributed by atoms with Crippen LogP contribution in [0.25, 0.3) is 0 Å². The van der Waals surface area contributed by atoms with Gasteiger partial charge in [-0.1, -0.05) is 332 Å². The van der Waals surface area contributed by atoms with E-state index in [4.69, 9.17) is 37.0 Å². The SMILES string of the molecule is CCCCC/C=C\C/C=C\C/C=C\C/C=C\C/C=C\CCC(=O)OC[C@H](COP(=O)(O)OC[C@@H](O)COP(=O)(O)OC[C@@H](COC(=O)CCCCCCCCCCCCCCCCC)OC(=O)CCCCCCCCCCCCCCCCC)OC(=O)CCCCCCC/C=C\CCCCCC. The summed E-state index contributed by atoms with van der Waals surface area (Å²) in [7, 11) is -9.96. The maximum atomic E-state index is 13.1. The summed E-state index contributed by atoms with van der Waals surface area (Å²) >= 11 is 0. The Hall–Kier alpha value is -3.50. The standard InChI is InChI=1S/C83H150O17P2/c1-5-9-13-17-21-25-29-33-36-37-38-39-42-45-48-52-56-60-64-68-81(86)94-73-78(99-82(87)69-65-61-57-53-49-43-32-28-24-20-16-12-8-4)75-97-101(89,90)95-71-77(84)72-96-102(91,92)98-76-79(100-83(88)70-66-62-58-54-50-46-41-35-31-27-23-19-15-11-7-3)74-93-80(85)67-63-59-55-51-47-44-40-34-30-26-22-18-14-10-6-2/h21,25,28,32-33,36,38-39,45,48,56,60,77-79,84H,5-20,22-24,26-27,29-31,34-35,37,40-44,46-47,49-55,57-59,61-76H2,1-4H3,(H,89,90)(H,91,92)/b25-21-,32-28-,36-33-,39-38-,48-45-,60-56-/t77-,78-,79-/m1/s1. The van der Waals surface area contributed by atoms with Crippen molar-refractivity contribution in [1.29, 1.82) is 0 Å². The minimum atomic E-state index is -4.99. The molecule has 0 fully saturated rings. The van der Waals surface area contributed by atoms with Gasteiger partial charge in [-0.3, -0.25) is 37.3 Å². The Bertz CT molecular complexity index is 2210. The number of ether oxygens (including phenoxy) is 4. The van der Waals surface area contributed by atoms with E-state index in [1.807, 2.05) is 12.2 Å². The Morgan fingerprint density at radius 2 is 0.500 bits per heavy atom. The maximum absolute atomic E-state index is 13.1. The molecule has 0 aliphatic rings. The number of unbranched alkanes of at least 4 members (excludes halogenated alkanes) is 40. The van der Waals surface area contributed by atoms with Gasteiger partial charge in [-0.25, -0.2) is 9.13 Å². The molecule has 17 nitrogen and oxygen atoms in total. The largest absolute Gasteiger partial charge is 0.472 e. The summed E-state index contributed by atoms with van der Waals surface area (Å²) in [6, 6.07) is 0. The Morgan fingerprint density at radius 1 is 0.275 bits per heavy atom. The Balaban J connectivity index is 5.37.